The molecule has 3 aromatic rings. The van der Waals surface area contributed by atoms with E-state index in [0.29, 0.717) is 21.3 Å². The van der Waals surface area contributed by atoms with E-state index in [1.807, 2.05) is 6.07 Å². The Morgan fingerprint density at radius 3 is 2.34 bits per heavy atom. The number of amides is 2. The third kappa shape index (κ3) is 5.30. The number of benzene rings is 3. The molecule has 0 spiro atoms. The summed E-state index contributed by atoms with van der Waals surface area (Å²) >= 11 is 6.65. The molecule has 0 heterocycles. The Balaban J connectivity index is 1.75. The van der Waals surface area contributed by atoms with Crippen LogP contribution in [0.3, 0.4) is 0 Å². The van der Waals surface area contributed by atoms with E-state index in [1.165, 1.54) is 12.3 Å². The molecule has 0 radical (unpaired) electrons. The number of anilines is 1. The molecule has 0 aliphatic rings. The fraction of sp³-hybridized carbons (Fsp3) is 0. The van der Waals surface area contributed by atoms with Crippen LogP contribution in [0.25, 0.3) is 0 Å². The second kappa shape index (κ2) is 9.49. The van der Waals surface area contributed by atoms with Crippen LogP contribution in [0, 0.1) is 0 Å². The van der Waals surface area contributed by atoms with E-state index in [-0.39, 0.29) is 17.2 Å². The first-order valence-electron chi connectivity index (χ1n) is 8.42. The van der Waals surface area contributed by atoms with E-state index < -0.39 is 5.91 Å². The first kappa shape index (κ1) is 20.8. The molecule has 0 aliphatic carbocycles. The van der Waals surface area contributed by atoms with Crippen molar-refractivity contribution >= 4 is 55.6 Å². The van der Waals surface area contributed by atoms with Gasteiger partial charge in [-0.1, -0.05) is 40.2 Å². The van der Waals surface area contributed by atoms with Crippen LogP contribution in [-0.4, -0.2) is 23.1 Å². The Morgan fingerprint density at radius 1 is 0.897 bits per heavy atom. The lowest BCUT2D eigenvalue weighted by Crippen LogP contribution is -2.21. The topological polar surface area (TPSA) is 90.8 Å². The summed E-state index contributed by atoms with van der Waals surface area (Å²) in [5, 5.41) is 16.4. The zero-order valence-electron chi connectivity index (χ0n) is 14.9. The van der Waals surface area contributed by atoms with Gasteiger partial charge in [-0.2, -0.15) is 5.10 Å². The second-order valence-corrected chi connectivity index (χ2v) is 7.65. The SMILES string of the molecule is O=C(Nc1ccccc1C(=O)N/N=C/c1cc(Br)ccc1O)c1ccccc1Br. The maximum absolute atomic E-state index is 12.5. The number of phenolic OH excluding ortho intramolecular Hbond substituents is 1. The van der Waals surface area contributed by atoms with E-state index in [2.05, 4.69) is 47.7 Å². The summed E-state index contributed by atoms with van der Waals surface area (Å²) in [6.45, 7) is 0. The van der Waals surface area contributed by atoms with Gasteiger partial charge >= 0.3 is 0 Å². The van der Waals surface area contributed by atoms with Gasteiger partial charge < -0.3 is 10.4 Å². The number of carbonyl (C=O) groups is 2. The average Bonchev–Trinajstić information content (AvgIpc) is 2.71. The maximum Gasteiger partial charge on any atom is 0.273 e. The van der Waals surface area contributed by atoms with E-state index in [0.717, 1.165) is 4.47 Å². The Hall–Kier alpha value is -2.97. The van der Waals surface area contributed by atoms with Crippen molar-refractivity contribution in [3.8, 4) is 5.75 Å². The standard InChI is InChI=1S/C21H15Br2N3O3/c22-14-9-10-19(27)13(11-14)12-24-26-21(29)16-6-2-4-8-18(16)25-20(28)15-5-1-3-7-17(15)23/h1-12,27H,(H,25,28)(H,26,29)/b24-12+. The minimum absolute atomic E-state index is 0.0345. The summed E-state index contributed by atoms with van der Waals surface area (Å²) in [4.78, 5) is 25.1. The van der Waals surface area contributed by atoms with Crippen molar-refractivity contribution < 1.29 is 14.7 Å². The highest BCUT2D eigenvalue weighted by molar-refractivity contribution is 9.10. The summed E-state index contributed by atoms with van der Waals surface area (Å²) in [5.41, 5.74) is 3.90. The monoisotopic (exact) mass is 515 g/mol. The predicted octanol–water partition coefficient (Wildman–Crippen LogP) is 4.93. The lowest BCUT2D eigenvalue weighted by Gasteiger charge is -2.11. The number of hydrazone groups is 1. The van der Waals surface area contributed by atoms with Gasteiger partial charge in [0.1, 0.15) is 5.75 Å². The normalized spacial score (nSPS) is 10.7. The number of halogens is 2. The third-order valence-electron chi connectivity index (χ3n) is 3.90. The molecule has 146 valence electrons. The number of nitrogens with zero attached hydrogens (tertiary/aromatic N) is 1. The van der Waals surface area contributed by atoms with Crippen LogP contribution < -0.4 is 10.7 Å². The van der Waals surface area contributed by atoms with Gasteiger partial charge in [-0.3, -0.25) is 9.59 Å². The van der Waals surface area contributed by atoms with Crippen LogP contribution in [0.15, 0.2) is 80.8 Å². The largest absolute Gasteiger partial charge is 0.507 e. The highest BCUT2D eigenvalue weighted by Gasteiger charge is 2.15. The summed E-state index contributed by atoms with van der Waals surface area (Å²) in [7, 11) is 0. The van der Waals surface area contributed by atoms with Crippen LogP contribution in [0.4, 0.5) is 5.69 Å². The minimum atomic E-state index is -0.501. The smallest absolute Gasteiger partial charge is 0.273 e. The molecule has 0 aliphatic heterocycles. The number of carbonyl (C=O) groups excluding carboxylic acids is 2. The molecule has 3 N–H and O–H groups in total. The van der Waals surface area contributed by atoms with Gasteiger partial charge in [0.05, 0.1) is 23.0 Å². The molecule has 8 heteroatoms. The Labute approximate surface area is 183 Å². The highest BCUT2D eigenvalue weighted by Crippen LogP contribution is 2.21. The lowest BCUT2D eigenvalue weighted by atomic mass is 10.1. The zero-order valence-corrected chi connectivity index (χ0v) is 18.1. The van der Waals surface area contributed by atoms with Gasteiger partial charge in [-0.15, -0.1) is 0 Å². The molecule has 0 saturated heterocycles. The number of nitrogens with one attached hydrogen (secondary N) is 2. The average molecular weight is 517 g/mol. The van der Waals surface area contributed by atoms with E-state index >= 15 is 0 Å². The number of hydrogen-bond donors (Lipinski definition) is 3. The fourth-order valence-electron chi connectivity index (χ4n) is 2.47. The highest BCUT2D eigenvalue weighted by atomic mass is 79.9. The Morgan fingerprint density at radius 2 is 1.59 bits per heavy atom. The number of para-hydroxylation sites is 1. The molecule has 0 bridgehead atoms. The second-order valence-electron chi connectivity index (χ2n) is 5.88. The van der Waals surface area contributed by atoms with Crippen molar-refractivity contribution in [1.82, 2.24) is 5.43 Å². The maximum atomic E-state index is 12.5. The molecule has 29 heavy (non-hydrogen) atoms. The van der Waals surface area contributed by atoms with Crippen LogP contribution in [-0.2, 0) is 0 Å². The lowest BCUT2D eigenvalue weighted by molar-refractivity contribution is 0.0956. The van der Waals surface area contributed by atoms with Crippen molar-refractivity contribution in [1.29, 1.82) is 0 Å². The van der Waals surface area contributed by atoms with Gasteiger partial charge in [0, 0.05) is 14.5 Å². The van der Waals surface area contributed by atoms with Gasteiger partial charge in [0.15, 0.2) is 0 Å². The van der Waals surface area contributed by atoms with Gasteiger partial charge in [0.25, 0.3) is 11.8 Å². The molecular formula is C21H15Br2N3O3. The third-order valence-corrected chi connectivity index (χ3v) is 5.08. The molecule has 0 unspecified atom stereocenters. The summed E-state index contributed by atoms with van der Waals surface area (Å²) < 4.78 is 1.42. The van der Waals surface area contributed by atoms with Crippen LogP contribution in [0.2, 0.25) is 0 Å². The first-order valence-corrected chi connectivity index (χ1v) is 10.0. The van der Waals surface area contributed by atoms with Crippen molar-refractivity contribution in [2.75, 3.05) is 5.32 Å². The Bertz CT molecular complexity index is 1100. The van der Waals surface area contributed by atoms with Crippen molar-refractivity contribution in [2.24, 2.45) is 5.10 Å². The summed E-state index contributed by atoms with van der Waals surface area (Å²) in [6.07, 6.45) is 1.33. The Kier molecular flexibility index (Phi) is 6.79. The van der Waals surface area contributed by atoms with Crippen molar-refractivity contribution in [3.05, 3.63) is 92.4 Å². The summed E-state index contributed by atoms with van der Waals surface area (Å²) in [6, 6.07) is 18.5. The quantitative estimate of drug-likeness (QED) is 0.331. The molecule has 0 saturated carbocycles. The van der Waals surface area contributed by atoms with Gasteiger partial charge in [-0.25, -0.2) is 5.43 Å². The van der Waals surface area contributed by atoms with E-state index in [4.69, 9.17) is 0 Å². The molecular weight excluding hydrogens is 502 g/mol. The number of phenols is 1. The fourth-order valence-corrected chi connectivity index (χ4v) is 3.32. The number of rotatable bonds is 5. The molecule has 2 amide bonds. The van der Waals surface area contributed by atoms with Gasteiger partial charge in [0.2, 0.25) is 0 Å². The zero-order chi connectivity index (χ0) is 20.8. The van der Waals surface area contributed by atoms with Crippen LogP contribution in [0.1, 0.15) is 26.3 Å². The summed E-state index contributed by atoms with van der Waals surface area (Å²) in [5.74, 6) is -0.814. The molecule has 6 nitrogen and oxygen atoms in total. The predicted molar refractivity (Wildman–Crippen MR) is 119 cm³/mol. The molecule has 0 aromatic heterocycles. The van der Waals surface area contributed by atoms with Crippen LogP contribution >= 0.6 is 31.9 Å². The van der Waals surface area contributed by atoms with E-state index in [9.17, 15) is 14.7 Å². The minimum Gasteiger partial charge on any atom is -0.507 e. The molecule has 0 atom stereocenters. The molecule has 3 rings (SSSR count). The van der Waals surface area contributed by atoms with Crippen LogP contribution in [0.5, 0.6) is 5.75 Å². The van der Waals surface area contributed by atoms with Crippen molar-refractivity contribution in [3.63, 3.8) is 0 Å². The van der Waals surface area contributed by atoms with E-state index in [1.54, 1.807) is 54.6 Å². The van der Waals surface area contributed by atoms with Crippen molar-refractivity contribution in [2.45, 2.75) is 0 Å². The van der Waals surface area contributed by atoms with Gasteiger partial charge in [-0.05, 0) is 58.4 Å². The number of hydrogen-bond acceptors (Lipinski definition) is 4. The molecule has 0 fully saturated rings. The first-order chi connectivity index (χ1) is 14.0. The molecule has 3 aromatic carbocycles. The number of aromatic hydroxyl groups is 1.